The molecule has 0 unspecified atom stereocenters. The van der Waals surface area contributed by atoms with Crippen molar-refractivity contribution >= 4 is 28.1 Å². The molecular formula is C22H21N3O. The van der Waals surface area contributed by atoms with Crippen LogP contribution >= 0.6 is 0 Å². The Balaban J connectivity index is 1.83. The minimum Gasteiger partial charge on any atom is -0.365 e. The number of carbonyl (C=O) groups is 1. The third-order valence-electron chi connectivity index (χ3n) is 4.37. The van der Waals surface area contributed by atoms with Crippen molar-refractivity contribution in [3.63, 3.8) is 0 Å². The second-order valence-electron chi connectivity index (χ2n) is 6.14. The van der Waals surface area contributed by atoms with Gasteiger partial charge in [-0.15, -0.1) is 0 Å². The fourth-order valence-electron chi connectivity index (χ4n) is 3.08. The molecule has 0 bridgehead atoms. The highest BCUT2D eigenvalue weighted by molar-refractivity contribution is 5.99. The summed E-state index contributed by atoms with van der Waals surface area (Å²) in [5.74, 6) is -0.0260. The minimum atomic E-state index is -0.0260. The molecule has 0 heterocycles. The van der Waals surface area contributed by atoms with Crippen molar-refractivity contribution < 1.29 is 4.79 Å². The number of nitriles is 1. The molecule has 0 saturated carbocycles. The molecule has 3 aromatic carbocycles. The highest BCUT2D eigenvalue weighted by Crippen LogP contribution is 2.26. The minimum absolute atomic E-state index is 0.0260. The first-order chi connectivity index (χ1) is 12.7. The molecule has 26 heavy (non-hydrogen) atoms. The number of hydrogen-bond donors (Lipinski definition) is 0. The third-order valence-corrected chi connectivity index (χ3v) is 4.37. The molecule has 1 amide bonds. The zero-order valence-corrected chi connectivity index (χ0v) is 14.8. The summed E-state index contributed by atoms with van der Waals surface area (Å²) in [6, 6.07) is 25.9. The van der Waals surface area contributed by atoms with Crippen molar-refractivity contribution in [2.24, 2.45) is 0 Å². The van der Waals surface area contributed by atoms with Crippen LogP contribution in [0.1, 0.15) is 6.42 Å². The van der Waals surface area contributed by atoms with Crippen molar-refractivity contribution in [1.29, 1.82) is 5.26 Å². The number of benzene rings is 3. The van der Waals surface area contributed by atoms with E-state index >= 15 is 0 Å². The summed E-state index contributed by atoms with van der Waals surface area (Å²) in [7, 11) is 1.92. The topological polar surface area (TPSA) is 47.3 Å². The van der Waals surface area contributed by atoms with Crippen molar-refractivity contribution in [2.75, 3.05) is 29.9 Å². The Hall–Kier alpha value is -3.32. The molecule has 0 aliphatic carbocycles. The Labute approximate surface area is 153 Å². The first kappa shape index (κ1) is 17.5. The van der Waals surface area contributed by atoms with Gasteiger partial charge in [0.2, 0.25) is 5.91 Å². The molecule has 0 saturated heterocycles. The lowest BCUT2D eigenvalue weighted by Gasteiger charge is -2.26. The zero-order valence-electron chi connectivity index (χ0n) is 14.8. The molecule has 3 aromatic rings. The maximum Gasteiger partial charge on any atom is 0.246 e. The van der Waals surface area contributed by atoms with Crippen LogP contribution in [0.25, 0.3) is 10.8 Å². The molecule has 130 valence electrons. The standard InChI is InChI=1S/C22H21N3O/c1-24(21-14-7-10-18-9-5-6-13-20(18)21)17-22(26)25(16-8-15-23)19-11-3-2-4-12-19/h2-7,9-14H,8,16-17H2,1H3. The second-order valence-corrected chi connectivity index (χ2v) is 6.14. The SMILES string of the molecule is CN(CC(=O)N(CCC#N)c1ccccc1)c1cccc2ccccc12. The molecule has 3 rings (SSSR count). The van der Waals surface area contributed by atoms with Crippen LogP contribution in [0, 0.1) is 11.3 Å². The Kier molecular flexibility index (Phi) is 5.50. The van der Waals surface area contributed by atoms with Gasteiger partial charge >= 0.3 is 0 Å². The van der Waals surface area contributed by atoms with Crippen LogP contribution in [0.4, 0.5) is 11.4 Å². The number of carbonyl (C=O) groups excluding carboxylic acids is 1. The van der Waals surface area contributed by atoms with Crippen molar-refractivity contribution in [1.82, 2.24) is 0 Å². The van der Waals surface area contributed by atoms with Crippen molar-refractivity contribution in [3.8, 4) is 6.07 Å². The summed E-state index contributed by atoms with van der Waals surface area (Å²) in [6.07, 6.45) is 0.304. The second kappa shape index (κ2) is 8.17. The molecule has 0 aliphatic rings. The predicted octanol–water partition coefficient (Wildman–Crippen LogP) is 4.22. The van der Waals surface area contributed by atoms with Crippen LogP contribution in [-0.2, 0) is 4.79 Å². The molecule has 0 fully saturated rings. The van der Waals surface area contributed by atoms with Crippen LogP contribution < -0.4 is 9.80 Å². The Morgan fingerprint density at radius 2 is 1.65 bits per heavy atom. The van der Waals surface area contributed by atoms with E-state index in [9.17, 15) is 4.79 Å². The van der Waals surface area contributed by atoms with Gasteiger partial charge in [-0.3, -0.25) is 4.79 Å². The Morgan fingerprint density at radius 3 is 2.42 bits per heavy atom. The lowest BCUT2D eigenvalue weighted by atomic mass is 10.1. The van der Waals surface area contributed by atoms with Crippen LogP contribution in [0.15, 0.2) is 72.8 Å². The number of nitrogens with zero attached hydrogens (tertiary/aromatic N) is 3. The average Bonchev–Trinajstić information content (AvgIpc) is 2.68. The summed E-state index contributed by atoms with van der Waals surface area (Å²) in [4.78, 5) is 16.6. The smallest absolute Gasteiger partial charge is 0.246 e. The third kappa shape index (κ3) is 3.84. The lowest BCUT2D eigenvalue weighted by molar-refractivity contribution is -0.117. The van der Waals surface area contributed by atoms with Crippen molar-refractivity contribution in [2.45, 2.75) is 6.42 Å². The van der Waals surface area contributed by atoms with Gasteiger partial charge in [0.25, 0.3) is 0 Å². The fourth-order valence-corrected chi connectivity index (χ4v) is 3.08. The molecule has 0 atom stereocenters. The van der Waals surface area contributed by atoms with Gasteiger partial charge in [0.15, 0.2) is 0 Å². The van der Waals surface area contributed by atoms with E-state index < -0.39 is 0 Å². The van der Waals surface area contributed by atoms with E-state index in [1.54, 1.807) is 4.90 Å². The van der Waals surface area contributed by atoms with Gasteiger partial charge in [0.1, 0.15) is 0 Å². The summed E-state index contributed by atoms with van der Waals surface area (Å²) in [5, 5.41) is 11.2. The largest absolute Gasteiger partial charge is 0.365 e. The van der Waals surface area contributed by atoms with Crippen LogP contribution in [-0.4, -0.2) is 26.0 Å². The summed E-state index contributed by atoms with van der Waals surface area (Å²) < 4.78 is 0. The molecule has 0 aliphatic heterocycles. The monoisotopic (exact) mass is 343 g/mol. The summed E-state index contributed by atoms with van der Waals surface area (Å²) in [6.45, 7) is 0.636. The summed E-state index contributed by atoms with van der Waals surface area (Å²) in [5.41, 5.74) is 1.84. The predicted molar refractivity (Wildman–Crippen MR) is 106 cm³/mol. The molecule has 0 radical (unpaired) electrons. The number of fused-ring (bicyclic) bond motifs is 1. The van der Waals surface area contributed by atoms with Crippen molar-refractivity contribution in [3.05, 3.63) is 72.8 Å². The van der Waals surface area contributed by atoms with E-state index in [1.807, 2.05) is 66.5 Å². The normalized spacial score (nSPS) is 10.3. The summed E-state index contributed by atoms with van der Waals surface area (Å²) >= 11 is 0. The molecule has 4 heteroatoms. The highest BCUT2D eigenvalue weighted by Gasteiger charge is 2.18. The number of hydrogen-bond acceptors (Lipinski definition) is 3. The highest BCUT2D eigenvalue weighted by atomic mass is 16.2. The van der Waals surface area contributed by atoms with E-state index in [4.69, 9.17) is 5.26 Å². The van der Waals surface area contributed by atoms with Gasteiger partial charge in [0, 0.05) is 30.4 Å². The van der Waals surface area contributed by atoms with Gasteiger partial charge in [-0.2, -0.15) is 5.26 Å². The molecule has 4 nitrogen and oxygen atoms in total. The van der Waals surface area contributed by atoms with Crippen LogP contribution in [0.2, 0.25) is 0 Å². The van der Waals surface area contributed by atoms with E-state index in [2.05, 4.69) is 24.3 Å². The van der Waals surface area contributed by atoms with E-state index in [0.717, 1.165) is 22.1 Å². The number of amides is 1. The van der Waals surface area contributed by atoms with Gasteiger partial charge in [0.05, 0.1) is 19.0 Å². The first-order valence-electron chi connectivity index (χ1n) is 8.62. The first-order valence-corrected chi connectivity index (χ1v) is 8.62. The molecule has 0 spiro atoms. The molecule has 0 aromatic heterocycles. The van der Waals surface area contributed by atoms with Gasteiger partial charge < -0.3 is 9.80 Å². The van der Waals surface area contributed by atoms with Gasteiger partial charge in [-0.25, -0.2) is 0 Å². The number of anilines is 2. The number of para-hydroxylation sites is 1. The maximum absolute atomic E-state index is 12.9. The van der Waals surface area contributed by atoms with Crippen LogP contribution in [0.3, 0.4) is 0 Å². The fraction of sp³-hybridized carbons (Fsp3) is 0.182. The Bertz CT molecular complexity index is 926. The average molecular weight is 343 g/mol. The quantitative estimate of drug-likeness (QED) is 0.673. The lowest BCUT2D eigenvalue weighted by Crippen LogP contribution is -2.39. The van der Waals surface area contributed by atoms with E-state index in [-0.39, 0.29) is 12.5 Å². The van der Waals surface area contributed by atoms with Gasteiger partial charge in [-0.1, -0.05) is 54.6 Å². The van der Waals surface area contributed by atoms with E-state index in [1.165, 1.54) is 0 Å². The maximum atomic E-state index is 12.9. The number of likely N-dealkylation sites (N-methyl/N-ethyl adjacent to an activating group) is 1. The van der Waals surface area contributed by atoms with E-state index in [0.29, 0.717) is 13.0 Å². The van der Waals surface area contributed by atoms with Crippen LogP contribution in [0.5, 0.6) is 0 Å². The zero-order chi connectivity index (χ0) is 18.4. The molecular weight excluding hydrogens is 322 g/mol. The molecule has 0 N–H and O–H groups in total. The number of rotatable bonds is 6. The Morgan fingerprint density at radius 1 is 0.962 bits per heavy atom. The van der Waals surface area contributed by atoms with Gasteiger partial charge in [-0.05, 0) is 23.6 Å².